The Hall–Kier alpha value is -3.16. The smallest absolute Gasteiger partial charge is 0.325 e. The van der Waals surface area contributed by atoms with E-state index in [-0.39, 0.29) is 24.3 Å². The van der Waals surface area contributed by atoms with Crippen molar-refractivity contribution in [1.82, 2.24) is 25.3 Å². The van der Waals surface area contributed by atoms with Crippen LogP contribution >= 0.6 is 0 Å². The van der Waals surface area contributed by atoms with Gasteiger partial charge >= 0.3 is 6.03 Å². The number of carbonyl (C=O) groups is 3. The lowest BCUT2D eigenvalue weighted by Crippen LogP contribution is -2.54. The van der Waals surface area contributed by atoms with Gasteiger partial charge in [0.15, 0.2) is 0 Å². The summed E-state index contributed by atoms with van der Waals surface area (Å²) < 4.78 is 1.93. The van der Waals surface area contributed by atoms with Gasteiger partial charge in [-0.2, -0.15) is 5.10 Å². The monoisotopic (exact) mass is 437 g/mol. The lowest BCUT2D eigenvalue weighted by Gasteiger charge is -2.36. The molecule has 1 aliphatic heterocycles. The minimum Gasteiger partial charge on any atom is -0.350 e. The van der Waals surface area contributed by atoms with E-state index in [0.717, 1.165) is 46.7 Å². The molecule has 32 heavy (non-hydrogen) atoms. The lowest BCUT2D eigenvalue weighted by molar-refractivity contribution is -0.137. The summed E-state index contributed by atoms with van der Waals surface area (Å²) in [6.45, 7) is 6.59. The second-order valence-electron chi connectivity index (χ2n) is 9.01. The first-order valence-corrected chi connectivity index (χ1v) is 11.3. The van der Waals surface area contributed by atoms with Crippen molar-refractivity contribution in [1.29, 1.82) is 0 Å². The summed E-state index contributed by atoms with van der Waals surface area (Å²) >= 11 is 0. The van der Waals surface area contributed by atoms with Crippen LogP contribution in [0.3, 0.4) is 0 Å². The molecule has 0 radical (unpaired) electrons. The summed E-state index contributed by atoms with van der Waals surface area (Å²) in [6.07, 6.45) is 3.50. The van der Waals surface area contributed by atoms with Crippen LogP contribution in [0, 0.1) is 19.8 Å². The Balaban J connectivity index is 1.38. The van der Waals surface area contributed by atoms with Crippen LogP contribution in [0.15, 0.2) is 30.3 Å². The van der Waals surface area contributed by atoms with Gasteiger partial charge in [-0.3, -0.25) is 19.2 Å². The maximum atomic E-state index is 13.0. The van der Waals surface area contributed by atoms with E-state index in [1.165, 1.54) is 0 Å². The van der Waals surface area contributed by atoms with Crippen molar-refractivity contribution >= 4 is 17.8 Å². The number of benzene rings is 1. The molecule has 2 atom stereocenters. The van der Waals surface area contributed by atoms with Crippen molar-refractivity contribution in [3.63, 3.8) is 0 Å². The van der Waals surface area contributed by atoms with Crippen LogP contribution in [-0.4, -0.2) is 44.6 Å². The molecule has 4 rings (SSSR count). The maximum absolute atomic E-state index is 13.0. The van der Waals surface area contributed by atoms with E-state index in [0.29, 0.717) is 19.5 Å². The molecule has 170 valence electrons. The minimum absolute atomic E-state index is 0.0708. The number of aromatic nitrogens is 2. The molecule has 0 bridgehead atoms. The van der Waals surface area contributed by atoms with E-state index in [1.54, 1.807) is 0 Å². The third kappa shape index (κ3) is 4.01. The lowest BCUT2D eigenvalue weighted by atomic mass is 9.73. The Bertz CT molecular complexity index is 1030. The highest BCUT2D eigenvalue weighted by molar-refractivity contribution is 6.09. The Morgan fingerprint density at radius 1 is 1.22 bits per heavy atom. The predicted molar refractivity (Wildman–Crippen MR) is 120 cm³/mol. The van der Waals surface area contributed by atoms with Crippen molar-refractivity contribution < 1.29 is 14.4 Å². The zero-order chi connectivity index (χ0) is 22.9. The molecular weight excluding hydrogens is 406 g/mol. The fraction of sp³-hybridized carbons (Fsp3) is 0.500. The third-order valence-corrected chi connectivity index (χ3v) is 6.97. The van der Waals surface area contributed by atoms with Gasteiger partial charge in [-0.1, -0.05) is 50.1 Å². The molecule has 2 N–H and O–H groups in total. The van der Waals surface area contributed by atoms with Gasteiger partial charge < -0.3 is 10.6 Å². The number of hydrogen-bond donors (Lipinski definition) is 2. The highest BCUT2D eigenvalue weighted by atomic mass is 16.2. The highest BCUT2D eigenvalue weighted by Gasteiger charge is 2.55. The molecule has 1 saturated heterocycles. The average molecular weight is 438 g/mol. The van der Waals surface area contributed by atoms with Gasteiger partial charge in [0.25, 0.3) is 5.91 Å². The number of imide groups is 1. The minimum atomic E-state index is -0.846. The Morgan fingerprint density at radius 2 is 1.97 bits per heavy atom. The molecule has 2 aliphatic rings. The largest absolute Gasteiger partial charge is 0.350 e. The van der Waals surface area contributed by atoms with Crippen molar-refractivity contribution in [3.8, 4) is 0 Å². The molecule has 2 aromatic rings. The zero-order valence-electron chi connectivity index (χ0n) is 19.0. The molecule has 2 heterocycles. The number of urea groups is 1. The molecular formula is C24H31N5O3. The van der Waals surface area contributed by atoms with Crippen molar-refractivity contribution in [2.75, 3.05) is 6.54 Å². The number of hydrogen-bond acceptors (Lipinski definition) is 4. The van der Waals surface area contributed by atoms with E-state index in [9.17, 15) is 14.4 Å². The molecule has 8 nitrogen and oxygen atoms in total. The second-order valence-corrected chi connectivity index (χ2v) is 9.01. The van der Waals surface area contributed by atoms with Gasteiger partial charge in [0, 0.05) is 17.8 Å². The van der Waals surface area contributed by atoms with Gasteiger partial charge in [-0.25, -0.2) is 4.79 Å². The van der Waals surface area contributed by atoms with Crippen molar-refractivity contribution in [2.24, 2.45) is 5.92 Å². The highest BCUT2D eigenvalue weighted by Crippen LogP contribution is 2.38. The van der Waals surface area contributed by atoms with Crippen LogP contribution in [0.25, 0.3) is 0 Å². The van der Waals surface area contributed by atoms with Crippen LogP contribution in [0.1, 0.15) is 55.1 Å². The summed E-state index contributed by atoms with van der Waals surface area (Å²) in [5, 5.41) is 10.4. The normalized spacial score (nSPS) is 23.0. The molecule has 1 aliphatic carbocycles. The molecule has 1 spiro atoms. The fourth-order valence-corrected chi connectivity index (χ4v) is 4.93. The molecule has 1 saturated carbocycles. The van der Waals surface area contributed by atoms with Gasteiger partial charge in [0.05, 0.1) is 12.2 Å². The number of rotatable bonds is 6. The number of amides is 4. The van der Waals surface area contributed by atoms with E-state index in [2.05, 4.69) is 27.9 Å². The summed E-state index contributed by atoms with van der Waals surface area (Å²) in [4.78, 5) is 39.2. The first-order valence-electron chi connectivity index (χ1n) is 11.3. The van der Waals surface area contributed by atoms with E-state index >= 15 is 0 Å². The molecule has 8 heteroatoms. The standard InChI is InChI=1S/C24H31N5O3/c1-16-9-7-8-12-24(16)22(31)28(23(32)26-24)15-21(30)25-13-20-17(2)27-29(18(20)3)14-19-10-5-4-6-11-19/h4-6,10-11,16H,7-9,12-15H2,1-3H3,(H,25,30)(H,26,32). The third-order valence-electron chi connectivity index (χ3n) is 6.97. The summed E-state index contributed by atoms with van der Waals surface area (Å²) in [5.74, 6) is -0.557. The fourth-order valence-electron chi connectivity index (χ4n) is 4.93. The topological polar surface area (TPSA) is 96.3 Å². The predicted octanol–water partition coefficient (Wildman–Crippen LogP) is 2.67. The quantitative estimate of drug-likeness (QED) is 0.679. The van der Waals surface area contributed by atoms with Crippen LogP contribution < -0.4 is 10.6 Å². The van der Waals surface area contributed by atoms with Crippen molar-refractivity contribution in [2.45, 2.75) is 65.1 Å². The molecule has 4 amide bonds. The maximum Gasteiger partial charge on any atom is 0.325 e. The molecule has 1 aromatic heterocycles. The van der Waals surface area contributed by atoms with E-state index in [1.807, 2.05) is 43.7 Å². The Labute approximate surface area is 188 Å². The SMILES string of the molecule is Cc1nn(Cc2ccccc2)c(C)c1CNC(=O)CN1C(=O)NC2(CCCCC2C)C1=O. The Kier molecular flexibility index (Phi) is 6.04. The van der Waals surface area contributed by atoms with Gasteiger partial charge in [-0.15, -0.1) is 0 Å². The number of nitrogens with one attached hydrogen (secondary N) is 2. The second kappa shape index (κ2) is 8.76. The van der Waals surface area contributed by atoms with Crippen LogP contribution in [0.2, 0.25) is 0 Å². The number of nitrogens with zero attached hydrogens (tertiary/aromatic N) is 3. The summed E-state index contributed by atoms with van der Waals surface area (Å²) in [7, 11) is 0. The average Bonchev–Trinajstić information content (AvgIpc) is 3.17. The van der Waals surface area contributed by atoms with Gasteiger partial charge in [0.2, 0.25) is 5.91 Å². The summed E-state index contributed by atoms with van der Waals surface area (Å²) in [5.41, 5.74) is 3.09. The number of aryl methyl sites for hydroxylation is 1. The first-order chi connectivity index (χ1) is 15.3. The first kappa shape index (κ1) is 22.0. The molecule has 2 unspecified atom stereocenters. The van der Waals surface area contributed by atoms with Gasteiger partial charge in [0.1, 0.15) is 12.1 Å². The van der Waals surface area contributed by atoms with Crippen LogP contribution in [-0.2, 0) is 22.7 Å². The van der Waals surface area contributed by atoms with Crippen LogP contribution in [0.4, 0.5) is 4.79 Å². The zero-order valence-corrected chi connectivity index (χ0v) is 19.0. The van der Waals surface area contributed by atoms with Crippen LogP contribution in [0.5, 0.6) is 0 Å². The van der Waals surface area contributed by atoms with Gasteiger partial charge in [-0.05, 0) is 38.2 Å². The van der Waals surface area contributed by atoms with Crippen molar-refractivity contribution in [3.05, 3.63) is 52.8 Å². The van der Waals surface area contributed by atoms with E-state index in [4.69, 9.17) is 0 Å². The Morgan fingerprint density at radius 3 is 2.69 bits per heavy atom. The molecule has 1 aromatic carbocycles. The number of carbonyl (C=O) groups excluding carboxylic acids is 3. The molecule has 2 fully saturated rings. The summed E-state index contributed by atoms with van der Waals surface area (Å²) in [6, 6.07) is 9.60. The van der Waals surface area contributed by atoms with E-state index < -0.39 is 11.6 Å².